The van der Waals surface area contributed by atoms with Crippen LogP contribution in [0.2, 0.25) is 0 Å². The van der Waals surface area contributed by atoms with Crippen LogP contribution in [0.5, 0.6) is 23.1 Å². The maximum absolute atomic E-state index is 12.6. The molecule has 0 fully saturated rings. The minimum absolute atomic E-state index is 0.0314. The van der Waals surface area contributed by atoms with Crippen LogP contribution in [0.15, 0.2) is 66.9 Å². The zero-order valence-corrected chi connectivity index (χ0v) is 16.1. The molecular formula is C23H22N2O4. The predicted octanol–water partition coefficient (Wildman–Crippen LogP) is 3.75. The molecule has 2 aromatic carbocycles. The topological polar surface area (TPSA) is 69.7 Å². The Morgan fingerprint density at radius 3 is 2.76 bits per heavy atom. The Morgan fingerprint density at radius 2 is 2.00 bits per heavy atom. The maximum atomic E-state index is 12.6. The lowest BCUT2D eigenvalue weighted by Gasteiger charge is -2.25. The molecular weight excluding hydrogens is 368 g/mol. The number of methoxy groups -OCH3 is 1. The van der Waals surface area contributed by atoms with Gasteiger partial charge in [-0.05, 0) is 35.7 Å². The van der Waals surface area contributed by atoms with E-state index in [1.54, 1.807) is 19.4 Å². The van der Waals surface area contributed by atoms with Crippen LogP contribution in [0.4, 0.5) is 0 Å². The minimum atomic E-state index is -0.218. The van der Waals surface area contributed by atoms with Gasteiger partial charge in [-0.2, -0.15) is 0 Å². The SMILES string of the molecule is COc1ccc2c(c1)OC[C@@H](C(=O)NCc1ccc(Oc3ccccc3)nc1)C2. The number of hydrogen-bond donors (Lipinski definition) is 1. The van der Waals surface area contributed by atoms with Crippen LogP contribution in [0.3, 0.4) is 0 Å². The lowest BCUT2D eigenvalue weighted by molar-refractivity contribution is -0.126. The summed E-state index contributed by atoms with van der Waals surface area (Å²) in [7, 11) is 1.62. The molecule has 1 N–H and O–H groups in total. The van der Waals surface area contributed by atoms with E-state index in [-0.39, 0.29) is 11.8 Å². The van der Waals surface area contributed by atoms with E-state index >= 15 is 0 Å². The molecule has 0 aliphatic carbocycles. The average molecular weight is 390 g/mol. The van der Waals surface area contributed by atoms with Gasteiger partial charge in [0.25, 0.3) is 0 Å². The van der Waals surface area contributed by atoms with Gasteiger partial charge in [0.2, 0.25) is 11.8 Å². The maximum Gasteiger partial charge on any atom is 0.227 e. The molecule has 1 atom stereocenters. The monoisotopic (exact) mass is 390 g/mol. The molecule has 29 heavy (non-hydrogen) atoms. The number of para-hydroxylation sites is 1. The summed E-state index contributed by atoms with van der Waals surface area (Å²) in [6.45, 7) is 0.761. The molecule has 0 radical (unpaired) electrons. The second-order valence-electron chi connectivity index (χ2n) is 6.82. The zero-order valence-electron chi connectivity index (χ0n) is 16.1. The molecule has 1 aromatic heterocycles. The van der Waals surface area contributed by atoms with Crippen LogP contribution in [-0.4, -0.2) is 24.6 Å². The number of pyridine rings is 1. The Hall–Kier alpha value is -3.54. The molecule has 4 rings (SSSR count). The number of nitrogens with zero attached hydrogens (tertiary/aromatic N) is 1. The second kappa shape index (κ2) is 8.65. The number of benzene rings is 2. The van der Waals surface area contributed by atoms with Crippen LogP contribution in [0.1, 0.15) is 11.1 Å². The minimum Gasteiger partial charge on any atom is -0.497 e. The second-order valence-corrected chi connectivity index (χ2v) is 6.82. The van der Waals surface area contributed by atoms with Gasteiger partial charge in [0.15, 0.2) is 0 Å². The van der Waals surface area contributed by atoms with Crippen molar-refractivity contribution in [2.75, 3.05) is 13.7 Å². The van der Waals surface area contributed by atoms with Crippen LogP contribution in [-0.2, 0) is 17.8 Å². The highest BCUT2D eigenvalue weighted by Crippen LogP contribution is 2.31. The molecule has 0 spiro atoms. The number of carbonyl (C=O) groups is 1. The third-order valence-electron chi connectivity index (χ3n) is 4.78. The first-order chi connectivity index (χ1) is 14.2. The molecule has 6 heteroatoms. The number of aromatic nitrogens is 1. The summed E-state index contributed by atoms with van der Waals surface area (Å²) in [6.07, 6.45) is 2.35. The lowest BCUT2D eigenvalue weighted by Crippen LogP contribution is -2.37. The summed E-state index contributed by atoms with van der Waals surface area (Å²) in [6, 6.07) is 18.9. The first kappa shape index (κ1) is 18.8. The Labute approximate surface area is 169 Å². The third kappa shape index (κ3) is 4.66. The van der Waals surface area contributed by atoms with E-state index in [1.807, 2.05) is 54.6 Å². The molecule has 0 bridgehead atoms. The van der Waals surface area contributed by atoms with Gasteiger partial charge in [0.1, 0.15) is 23.9 Å². The lowest BCUT2D eigenvalue weighted by atomic mass is 9.96. The summed E-state index contributed by atoms with van der Waals surface area (Å²) in [4.78, 5) is 16.9. The normalized spacial score (nSPS) is 15.0. The number of nitrogens with one attached hydrogen (secondary N) is 1. The van der Waals surface area contributed by atoms with Gasteiger partial charge >= 0.3 is 0 Å². The number of carbonyl (C=O) groups excluding carboxylic acids is 1. The number of hydrogen-bond acceptors (Lipinski definition) is 5. The van der Waals surface area contributed by atoms with Crippen LogP contribution in [0.25, 0.3) is 0 Å². The molecule has 0 saturated carbocycles. The fraction of sp³-hybridized carbons (Fsp3) is 0.217. The van der Waals surface area contributed by atoms with Crippen LogP contribution in [0, 0.1) is 5.92 Å². The highest BCUT2D eigenvalue weighted by atomic mass is 16.5. The first-order valence-electron chi connectivity index (χ1n) is 9.46. The summed E-state index contributed by atoms with van der Waals surface area (Å²) in [5.41, 5.74) is 1.92. The molecule has 0 saturated heterocycles. The summed E-state index contributed by atoms with van der Waals surface area (Å²) >= 11 is 0. The summed E-state index contributed by atoms with van der Waals surface area (Å²) in [5, 5.41) is 2.97. The predicted molar refractivity (Wildman–Crippen MR) is 108 cm³/mol. The van der Waals surface area contributed by atoms with E-state index in [0.717, 1.165) is 28.4 Å². The Kier molecular flexibility index (Phi) is 5.61. The fourth-order valence-corrected chi connectivity index (χ4v) is 3.17. The van der Waals surface area contributed by atoms with E-state index in [9.17, 15) is 4.79 Å². The van der Waals surface area contributed by atoms with Crippen molar-refractivity contribution in [2.45, 2.75) is 13.0 Å². The standard InChI is InChI=1S/C23H22N2O4/c1-27-20-9-8-17-11-18(15-28-21(17)12-20)23(26)25-14-16-7-10-22(24-13-16)29-19-5-3-2-4-6-19/h2-10,12-13,18H,11,14-15H2,1H3,(H,25,26)/t18-/m0/s1. The van der Waals surface area contributed by atoms with Gasteiger partial charge in [0.05, 0.1) is 13.0 Å². The van der Waals surface area contributed by atoms with Crippen molar-refractivity contribution in [1.82, 2.24) is 10.3 Å². The fourth-order valence-electron chi connectivity index (χ4n) is 3.17. The first-order valence-corrected chi connectivity index (χ1v) is 9.46. The quantitative estimate of drug-likeness (QED) is 0.694. The molecule has 1 amide bonds. The average Bonchev–Trinajstić information content (AvgIpc) is 2.78. The van der Waals surface area contributed by atoms with Crippen molar-refractivity contribution in [3.63, 3.8) is 0 Å². The number of ether oxygens (including phenoxy) is 3. The van der Waals surface area contributed by atoms with E-state index in [1.165, 1.54) is 0 Å². The van der Waals surface area contributed by atoms with Crippen molar-refractivity contribution >= 4 is 5.91 Å². The van der Waals surface area contributed by atoms with Crippen molar-refractivity contribution in [2.24, 2.45) is 5.92 Å². The van der Waals surface area contributed by atoms with E-state index in [0.29, 0.717) is 25.5 Å². The van der Waals surface area contributed by atoms with Crippen molar-refractivity contribution < 1.29 is 19.0 Å². The Morgan fingerprint density at radius 1 is 1.14 bits per heavy atom. The van der Waals surface area contributed by atoms with Crippen LogP contribution >= 0.6 is 0 Å². The van der Waals surface area contributed by atoms with Gasteiger partial charge in [0, 0.05) is 24.9 Å². The smallest absolute Gasteiger partial charge is 0.227 e. The van der Waals surface area contributed by atoms with Gasteiger partial charge in [-0.15, -0.1) is 0 Å². The van der Waals surface area contributed by atoms with E-state index < -0.39 is 0 Å². The molecule has 6 nitrogen and oxygen atoms in total. The van der Waals surface area contributed by atoms with Crippen molar-refractivity contribution in [3.05, 3.63) is 78.0 Å². The molecule has 3 aromatic rings. The third-order valence-corrected chi connectivity index (χ3v) is 4.78. The number of fused-ring (bicyclic) bond motifs is 1. The van der Waals surface area contributed by atoms with Gasteiger partial charge in [-0.1, -0.05) is 30.3 Å². The zero-order chi connectivity index (χ0) is 20.1. The van der Waals surface area contributed by atoms with Crippen molar-refractivity contribution in [1.29, 1.82) is 0 Å². The largest absolute Gasteiger partial charge is 0.497 e. The Balaban J connectivity index is 1.30. The molecule has 1 aliphatic heterocycles. The summed E-state index contributed by atoms with van der Waals surface area (Å²) in [5.74, 6) is 2.53. The summed E-state index contributed by atoms with van der Waals surface area (Å²) < 4.78 is 16.6. The highest BCUT2D eigenvalue weighted by molar-refractivity contribution is 5.79. The van der Waals surface area contributed by atoms with Gasteiger partial charge in [-0.3, -0.25) is 4.79 Å². The van der Waals surface area contributed by atoms with Gasteiger partial charge in [-0.25, -0.2) is 4.98 Å². The molecule has 148 valence electrons. The van der Waals surface area contributed by atoms with Crippen molar-refractivity contribution in [3.8, 4) is 23.1 Å². The number of amides is 1. The number of rotatable bonds is 6. The van der Waals surface area contributed by atoms with Gasteiger partial charge < -0.3 is 19.5 Å². The molecule has 0 unspecified atom stereocenters. The Bertz CT molecular complexity index is 974. The highest BCUT2D eigenvalue weighted by Gasteiger charge is 2.26. The molecule has 1 aliphatic rings. The van der Waals surface area contributed by atoms with Crippen LogP contribution < -0.4 is 19.5 Å². The van der Waals surface area contributed by atoms with E-state index in [4.69, 9.17) is 14.2 Å². The molecule has 2 heterocycles. The van der Waals surface area contributed by atoms with E-state index in [2.05, 4.69) is 10.3 Å².